The molecule has 0 aliphatic carbocycles. The lowest BCUT2D eigenvalue weighted by Gasteiger charge is -2.13. The number of nitrogens with zero attached hydrogens (tertiary/aromatic N) is 2. The minimum absolute atomic E-state index is 0.297. The van der Waals surface area contributed by atoms with Crippen LogP contribution in [0.3, 0.4) is 0 Å². The predicted octanol–water partition coefficient (Wildman–Crippen LogP) is 1.97. The fourth-order valence-corrected chi connectivity index (χ4v) is 1.81. The summed E-state index contributed by atoms with van der Waals surface area (Å²) < 4.78 is 15.8. The zero-order valence-electron chi connectivity index (χ0n) is 10.9. The van der Waals surface area contributed by atoms with E-state index >= 15 is 0 Å². The van der Waals surface area contributed by atoms with Gasteiger partial charge >= 0.3 is 0 Å². The number of aromatic nitrogens is 2. The van der Waals surface area contributed by atoms with Gasteiger partial charge in [0.2, 0.25) is 0 Å². The molecule has 0 saturated carbocycles. The number of aromatic amines is 1. The van der Waals surface area contributed by atoms with Crippen LogP contribution < -0.4 is 14.2 Å². The molecule has 0 amide bonds. The number of imidazole rings is 1. The third-order valence-corrected chi connectivity index (χ3v) is 2.72. The van der Waals surface area contributed by atoms with Gasteiger partial charge in [0, 0.05) is 11.6 Å². The second kappa shape index (κ2) is 5.31. The first kappa shape index (κ1) is 12.8. The Kier molecular flexibility index (Phi) is 3.57. The molecule has 1 N–H and O–H groups in total. The van der Waals surface area contributed by atoms with Crippen LogP contribution in [0.15, 0.2) is 18.5 Å². The monoisotopic (exact) mass is 259 g/mol. The zero-order chi connectivity index (χ0) is 13.8. The first-order chi connectivity index (χ1) is 9.24. The van der Waals surface area contributed by atoms with E-state index in [9.17, 15) is 0 Å². The lowest BCUT2D eigenvalue weighted by Crippen LogP contribution is -1.95. The van der Waals surface area contributed by atoms with E-state index in [0.717, 1.165) is 0 Å². The lowest BCUT2D eigenvalue weighted by molar-refractivity contribution is 0.349. The van der Waals surface area contributed by atoms with Crippen LogP contribution in [0.2, 0.25) is 0 Å². The summed E-state index contributed by atoms with van der Waals surface area (Å²) in [5.41, 5.74) is 1.57. The average Bonchev–Trinajstić information content (AvgIpc) is 2.93. The molecular weight excluding hydrogens is 246 g/mol. The molecule has 0 aliphatic rings. The molecule has 0 bridgehead atoms. The highest BCUT2D eigenvalue weighted by Crippen LogP contribution is 2.40. The molecule has 0 unspecified atom stereocenters. The molecule has 0 radical (unpaired) electrons. The van der Waals surface area contributed by atoms with Crippen molar-refractivity contribution in [3.8, 4) is 34.6 Å². The zero-order valence-corrected chi connectivity index (χ0v) is 10.9. The molecule has 0 saturated heterocycles. The molecule has 0 fully saturated rings. The largest absolute Gasteiger partial charge is 0.496 e. The molecule has 6 heteroatoms. The van der Waals surface area contributed by atoms with Crippen LogP contribution in [0, 0.1) is 11.3 Å². The minimum Gasteiger partial charge on any atom is -0.496 e. The molecule has 0 spiro atoms. The Labute approximate surface area is 110 Å². The third-order valence-electron chi connectivity index (χ3n) is 2.72. The quantitative estimate of drug-likeness (QED) is 0.908. The van der Waals surface area contributed by atoms with Gasteiger partial charge in [-0.2, -0.15) is 5.26 Å². The highest BCUT2D eigenvalue weighted by atomic mass is 16.5. The van der Waals surface area contributed by atoms with Gasteiger partial charge in [0.1, 0.15) is 11.8 Å². The molecule has 2 rings (SSSR count). The van der Waals surface area contributed by atoms with Gasteiger partial charge in [-0.15, -0.1) is 0 Å². The van der Waals surface area contributed by atoms with Crippen molar-refractivity contribution >= 4 is 0 Å². The fraction of sp³-hybridized carbons (Fsp3) is 0.231. The van der Waals surface area contributed by atoms with Gasteiger partial charge in [0.15, 0.2) is 17.2 Å². The third kappa shape index (κ3) is 2.18. The molecule has 1 aromatic heterocycles. The van der Waals surface area contributed by atoms with Crippen molar-refractivity contribution in [1.82, 2.24) is 9.97 Å². The maximum absolute atomic E-state index is 9.03. The number of methoxy groups -OCH3 is 3. The van der Waals surface area contributed by atoms with Crippen LogP contribution in [0.5, 0.6) is 17.2 Å². The average molecular weight is 259 g/mol. The standard InChI is InChI=1S/C13H13N3O3/c1-17-10-5-12(19-3)11(18-2)4-8(10)13-9(6-14)15-7-16-13/h4-5,7H,1-3H3,(H,15,16). The molecule has 0 atom stereocenters. The summed E-state index contributed by atoms with van der Waals surface area (Å²) in [6, 6.07) is 5.47. The predicted molar refractivity (Wildman–Crippen MR) is 68.4 cm³/mol. The second-order valence-corrected chi connectivity index (χ2v) is 3.65. The highest BCUT2D eigenvalue weighted by Gasteiger charge is 2.17. The van der Waals surface area contributed by atoms with Gasteiger partial charge in [-0.3, -0.25) is 0 Å². The van der Waals surface area contributed by atoms with Crippen LogP contribution in [0.4, 0.5) is 0 Å². The van der Waals surface area contributed by atoms with E-state index in [0.29, 0.717) is 34.2 Å². The highest BCUT2D eigenvalue weighted by molar-refractivity contribution is 5.74. The minimum atomic E-state index is 0.297. The van der Waals surface area contributed by atoms with E-state index in [1.54, 1.807) is 33.5 Å². The van der Waals surface area contributed by atoms with Crippen LogP contribution >= 0.6 is 0 Å². The summed E-state index contributed by atoms with van der Waals surface area (Å²) in [7, 11) is 4.65. The summed E-state index contributed by atoms with van der Waals surface area (Å²) in [5, 5.41) is 9.03. The Morgan fingerprint density at radius 3 is 2.26 bits per heavy atom. The Balaban J connectivity index is 2.66. The lowest BCUT2D eigenvalue weighted by atomic mass is 10.1. The van der Waals surface area contributed by atoms with Crippen molar-refractivity contribution in [1.29, 1.82) is 5.26 Å². The molecule has 1 heterocycles. The van der Waals surface area contributed by atoms with Gasteiger partial charge in [0.05, 0.1) is 33.4 Å². The number of benzene rings is 1. The number of rotatable bonds is 4. The Hall–Kier alpha value is -2.68. The van der Waals surface area contributed by atoms with Gasteiger partial charge in [-0.25, -0.2) is 4.98 Å². The van der Waals surface area contributed by atoms with E-state index in [-0.39, 0.29) is 0 Å². The van der Waals surface area contributed by atoms with Gasteiger partial charge in [-0.1, -0.05) is 0 Å². The van der Waals surface area contributed by atoms with Crippen molar-refractivity contribution in [2.45, 2.75) is 0 Å². The van der Waals surface area contributed by atoms with E-state index in [1.165, 1.54) is 6.33 Å². The molecule has 19 heavy (non-hydrogen) atoms. The van der Waals surface area contributed by atoms with Gasteiger partial charge in [0.25, 0.3) is 0 Å². The summed E-state index contributed by atoms with van der Waals surface area (Å²) in [4.78, 5) is 6.87. The number of H-pyrrole nitrogens is 1. The van der Waals surface area contributed by atoms with Crippen molar-refractivity contribution in [3.63, 3.8) is 0 Å². The maximum Gasteiger partial charge on any atom is 0.166 e. The van der Waals surface area contributed by atoms with Crippen LogP contribution in [-0.4, -0.2) is 31.3 Å². The number of nitrogens with one attached hydrogen (secondary N) is 1. The van der Waals surface area contributed by atoms with Gasteiger partial charge in [-0.05, 0) is 6.07 Å². The summed E-state index contributed by atoms with van der Waals surface area (Å²) in [5.74, 6) is 1.68. The molecule has 98 valence electrons. The number of ether oxygens (including phenoxy) is 3. The molecule has 0 aliphatic heterocycles. The molecule has 1 aromatic carbocycles. The van der Waals surface area contributed by atoms with Crippen molar-refractivity contribution in [2.75, 3.05) is 21.3 Å². The van der Waals surface area contributed by atoms with Crippen molar-refractivity contribution in [2.24, 2.45) is 0 Å². The topological polar surface area (TPSA) is 80.2 Å². The van der Waals surface area contributed by atoms with Crippen molar-refractivity contribution < 1.29 is 14.2 Å². The van der Waals surface area contributed by atoms with Gasteiger partial charge < -0.3 is 19.2 Å². The van der Waals surface area contributed by atoms with E-state index in [1.807, 2.05) is 6.07 Å². The molecule has 2 aromatic rings. The van der Waals surface area contributed by atoms with Crippen LogP contribution in [0.1, 0.15) is 5.69 Å². The molecule has 6 nitrogen and oxygen atoms in total. The fourth-order valence-electron chi connectivity index (χ4n) is 1.81. The van der Waals surface area contributed by atoms with Crippen LogP contribution in [0.25, 0.3) is 11.3 Å². The Morgan fingerprint density at radius 2 is 1.68 bits per heavy atom. The van der Waals surface area contributed by atoms with E-state index < -0.39 is 0 Å². The number of hydrogen-bond donors (Lipinski definition) is 1. The van der Waals surface area contributed by atoms with Crippen LogP contribution in [-0.2, 0) is 0 Å². The second-order valence-electron chi connectivity index (χ2n) is 3.65. The summed E-state index contributed by atoms with van der Waals surface area (Å²) in [6.07, 6.45) is 1.46. The smallest absolute Gasteiger partial charge is 0.166 e. The normalized spacial score (nSPS) is 9.79. The maximum atomic E-state index is 9.03. The first-order valence-corrected chi connectivity index (χ1v) is 5.49. The van der Waals surface area contributed by atoms with E-state index in [2.05, 4.69) is 9.97 Å². The summed E-state index contributed by atoms with van der Waals surface area (Å²) >= 11 is 0. The number of nitriles is 1. The van der Waals surface area contributed by atoms with E-state index in [4.69, 9.17) is 19.5 Å². The number of hydrogen-bond acceptors (Lipinski definition) is 5. The Morgan fingerprint density at radius 1 is 1.05 bits per heavy atom. The molecular formula is C13H13N3O3. The summed E-state index contributed by atoms with van der Waals surface area (Å²) in [6.45, 7) is 0. The van der Waals surface area contributed by atoms with Crippen molar-refractivity contribution in [3.05, 3.63) is 24.2 Å². The Bertz CT molecular complexity index is 629. The SMILES string of the molecule is COc1cc(OC)c(-c2[nH]cnc2C#N)cc1OC. The first-order valence-electron chi connectivity index (χ1n) is 5.49.